The van der Waals surface area contributed by atoms with Crippen LogP contribution in [0.2, 0.25) is 0 Å². The molecule has 2 N–H and O–H groups in total. The first-order valence-electron chi connectivity index (χ1n) is 5.82. The summed E-state index contributed by atoms with van der Waals surface area (Å²) in [6.45, 7) is 2.83. The van der Waals surface area contributed by atoms with Gasteiger partial charge in [-0.25, -0.2) is 4.39 Å². The third-order valence-electron chi connectivity index (χ3n) is 2.81. The zero-order valence-electron chi connectivity index (χ0n) is 10.2. The van der Waals surface area contributed by atoms with Crippen LogP contribution in [0.4, 0.5) is 15.8 Å². The van der Waals surface area contributed by atoms with E-state index >= 15 is 0 Å². The van der Waals surface area contributed by atoms with Crippen LogP contribution in [-0.2, 0) is 4.74 Å². The van der Waals surface area contributed by atoms with E-state index in [9.17, 15) is 4.39 Å². The van der Waals surface area contributed by atoms with Gasteiger partial charge in [-0.2, -0.15) is 0 Å². The van der Waals surface area contributed by atoms with Crippen molar-refractivity contribution >= 4 is 28.7 Å². The molecule has 0 aliphatic carbocycles. The highest BCUT2D eigenvalue weighted by molar-refractivity contribution is 7.80. The molecule has 98 valence electrons. The Bertz CT molecular complexity index is 435. The maximum atomic E-state index is 13.9. The topological polar surface area (TPSA) is 36.5 Å². The van der Waals surface area contributed by atoms with E-state index in [1.165, 1.54) is 6.07 Å². The Labute approximate surface area is 111 Å². The van der Waals surface area contributed by atoms with E-state index in [1.807, 2.05) is 6.07 Å². The molecule has 0 radical (unpaired) electrons. The van der Waals surface area contributed by atoms with Crippen LogP contribution in [0.25, 0.3) is 0 Å². The first-order chi connectivity index (χ1) is 8.72. The van der Waals surface area contributed by atoms with Gasteiger partial charge in [0.2, 0.25) is 0 Å². The SMILES string of the molecule is CNC(=S)Nc1c(F)cccc1N1CCOCC1. The number of para-hydroxylation sites is 1. The van der Waals surface area contributed by atoms with Crippen molar-refractivity contribution in [2.75, 3.05) is 43.6 Å². The largest absolute Gasteiger partial charge is 0.378 e. The lowest BCUT2D eigenvalue weighted by Gasteiger charge is -2.30. The van der Waals surface area contributed by atoms with Crippen molar-refractivity contribution in [1.82, 2.24) is 5.32 Å². The minimum atomic E-state index is -0.309. The van der Waals surface area contributed by atoms with Crippen LogP contribution in [-0.4, -0.2) is 38.5 Å². The molecule has 1 fully saturated rings. The number of benzene rings is 1. The van der Waals surface area contributed by atoms with E-state index in [-0.39, 0.29) is 5.82 Å². The molecule has 0 unspecified atom stereocenters. The Morgan fingerprint density at radius 1 is 1.39 bits per heavy atom. The van der Waals surface area contributed by atoms with Crippen molar-refractivity contribution < 1.29 is 9.13 Å². The zero-order chi connectivity index (χ0) is 13.0. The first kappa shape index (κ1) is 13.0. The predicted molar refractivity (Wildman–Crippen MR) is 74.7 cm³/mol. The van der Waals surface area contributed by atoms with E-state index < -0.39 is 0 Å². The molecule has 0 aromatic heterocycles. The number of rotatable bonds is 2. The second-order valence-electron chi connectivity index (χ2n) is 3.94. The van der Waals surface area contributed by atoms with Gasteiger partial charge in [-0.3, -0.25) is 0 Å². The van der Waals surface area contributed by atoms with Gasteiger partial charge in [0.05, 0.1) is 18.9 Å². The lowest BCUT2D eigenvalue weighted by Crippen LogP contribution is -2.37. The highest BCUT2D eigenvalue weighted by Crippen LogP contribution is 2.29. The van der Waals surface area contributed by atoms with E-state index in [0.717, 1.165) is 18.8 Å². The highest BCUT2D eigenvalue weighted by atomic mass is 32.1. The molecule has 1 saturated heterocycles. The van der Waals surface area contributed by atoms with Crippen LogP contribution in [0, 0.1) is 5.82 Å². The van der Waals surface area contributed by atoms with Crippen LogP contribution >= 0.6 is 12.2 Å². The predicted octanol–water partition coefficient (Wildman–Crippen LogP) is 1.58. The Morgan fingerprint density at radius 3 is 2.78 bits per heavy atom. The average Bonchev–Trinajstić information content (AvgIpc) is 2.42. The number of ether oxygens (including phenoxy) is 1. The third kappa shape index (κ3) is 2.88. The average molecular weight is 269 g/mol. The molecule has 0 bridgehead atoms. The quantitative estimate of drug-likeness (QED) is 0.797. The Morgan fingerprint density at radius 2 is 2.11 bits per heavy atom. The van der Waals surface area contributed by atoms with Crippen molar-refractivity contribution in [3.05, 3.63) is 24.0 Å². The summed E-state index contributed by atoms with van der Waals surface area (Å²) in [6.07, 6.45) is 0. The summed E-state index contributed by atoms with van der Waals surface area (Å²) in [5.74, 6) is -0.309. The van der Waals surface area contributed by atoms with Crippen LogP contribution in [0.3, 0.4) is 0 Å². The summed E-state index contributed by atoms with van der Waals surface area (Å²) in [5, 5.41) is 6.07. The van der Waals surface area contributed by atoms with Crippen molar-refractivity contribution in [2.24, 2.45) is 0 Å². The van der Waals surface area contributed by atoms with Crippen molar-refractivity contribution in [3.63, 3.8) is 0 Å². The van der Waals surface area contributed by atoms with Crippen LogP contribution in [0.1, 0.15) is 0 Å². The maximum absolute atomic E-state index is 13.9. The maximum Gasteiger partial charge on any atom is 0.170 e. The molecule has 0 spiro atoms. The summed E-state index contributed by atoms with van der Waals surface area (Å²) in [5.41, 5.74) is 1.23. The first-order valence-corrected chi connectivity index (χ1v) is 6.23. The van der Waals surface area contributed by atoms with E-state index in [0.29, 0.717) is 24.0 Å². The van der Waals surface area contributed by atoms with Gasteiger partial charge in [0.25, 0.3) is 0 Å². The second kappa shape index (κ2) is 5.97. The van der Waals surface area contributed by atoms with Crippen molar-refractivity contribution in [3.8, 4) is 0 Å². The molecule has 0 atom stereocenters. The van der Waals surface area contributed by atoms with Crippen molar-refractivity contribution in [1.29, 1.82) is 0 Å². The van der Waals surface area contributed by atoms with Gasteiger partial charge in [-0.15, -0.1) is 0 Å². The highest BCUT2D eigenvalue weighted by Gasteiger charge is 2.17. The lowest BCUT2D eigenvalue weighted by molar-refractivity contribution is 0.122. The molecule has 1 aliphatic heterocycles. The monoisotopic (exact) mass is 269 g/mol. The number of hydrogen-bond donors (Lipinski definition) is 2. The summed E-state index contributed by atoms with van der Waals surface area (Å²) < 4.78 is 19.2. The van der Waals surface area contributed by atoms with Gasteiger partial charge in [0, 0.05) is 20.1 Å². The van der Waals surface area contributed by atoms with Gasteiger partial charge in [0.1, 0.15) is 11.5 Å². The molecule has 1 aliphatic rings. The summed E-state index contributed by atoms with van der Waals surface area (Å²) in [7, 11) is 1.70. The number of thiocarbonyl (C=S) groups is 1. The molecule has 1 aromatic rings. The van der Waals surface area contributed by atoms with E-state index in [2.05, 4.69) is 15.5 Å². The summed E-state index contributed by atoms with van der Waals surface area (Å²) in [4.78, 5) is 2.09. The van der Waals surface area contributed by atoms with Gasteiger partial charge in [0.15, 0.2) is 5.11 Å². The number of nitrogens with zero attached hydrogens (tertiary/aromatic N) is 1. The Balaban J connectivity index is 2.27. The molecule has 0 amide bonds. The molecule has 4 nitrogen and oxygen atoms in total. The standard InChI is InChI=1S/C12H16FN3OS/c1-14-12(18)15-11-9(13)3-2-4-10(11)16-5-7-17-8-6-16/h2-4H,5-8H2,1H3,(H2,14,15,18). The fraction of sp³-hybridized carbons (Fsp3) is 0.417. The van der Waals surface area contributed by atoms with Crippen LogP contribution in [0.5, 0.6) is 0 Å². The molecular weight excluding hydrogens is 253 g/mol. The third-order valence-corrected chi connectivity index (χ3v) is 3.12. The minimum absolute atomic E-state index is 0.309. The van der Waals surface area contributed by atoms with Crippen LogP contribution in [0.15, 0.2) is 18.2 Å². The lowest BCUT2D eigenvalue weighted by atomic mass is 10.2. The fourth-order valence-electron chi connectivity index (χ4n) is 1.88. The van der Waals surface area contributed by atoms with Gasteiger partial charge >= 0.3 is 0 Å². The summed E-state index contributed by atoms with van der Waals surface area (Å²) in [6, 6.07) is 5.01. The number of halogens is 1. The van der Waals surface area contributed by atoms with Gasteiger partial charge in [-0.1, -0.05) is 6.07 Å². The molecule has 1 heterocycles. The van der Waals surface area contributed by atoms with E-state index in [4.69, 9.17) is 17.0 Å². The molecule has 0 saturated carbocycles. The number of nitrogens with one attached hydrogen (secondary N) is 2. The van der Waals surface area contributed by atoms with Gasteiger partial charge in [-0.05, 0) is 24.4 Å². The molecule has 6 heteroatoms. The number of anilines is 2. The zero-order valence-corrected chi connectivity index (χ0v) is 11.0. The summed E-state index contributed by atoms with van der Waals surface area (Å²) >= 11 is 5.03. The second-order valence-corrected chi connectivity index (χ2v) is 4.35. The van der Waals surface area contributed by atoms with Crippen molar-refractivity contribution in [2.45, 2.75) is 0 Å². The van der Waals surface area contributed by atoms with Crippen LogP contribution < -0.4 is 15.5 Å². The number of hydrogen-bond acceptors (Lipinski definition) is 3. The normalized spacial score (nSPS) is 15.3. The Hall–Kier alpha value is -1.40. The Kier molecular flexibility index (Phi) is 4.33. The molecular formula is C12H16FN3OS. The fourth-order valence-corrected chi connectivity index (χ4v) is 1.98. The molecule has 18 heavy (non-hydrogen) atoms. The molecule has 2 rings (SSSR count). The molecule has 1 aromatic carbocycles. The minimum Gasteiger partial charge on any atom is -0.378 e. The van der Waals surface area contributed by atoms with E-state index in [1.54, 1.807) is 13.1 Å². The van der Waals surface area contributed by atoms with Gasteiger partial charge < -0.3 is 20.3 Å². The smallest absolute Gasteiger partial charge is 0.170 e. The number of morpholine rings is 1.